The van der Waals surface area contributed by atoms with E-state index in [-0.39, 0.29) is 5.78 Å². The fraction of sp³-hybridized carbons (Fsp3) is 0.200. The molecule has 0 fully saturated rings. The van der Waals surface area contributed by atoms with Gasteiger partial charge >= 0.3 is 0 Å². The second-order valence-electron chi connectivity index (χ2n) is 5.46. The van der Waals surface area contributed by atoms with Gasteiger partial charge in [-0.2, -0.15) is 0 Å². The molecule has 0 amide bonds. The summed E-state index contributed by atoms with van der Waals surface area (Å²) >= 11 is 0. The molecule has 0 radical (unpaired) electrons. The molecule has 6 heteroatoms. The Hall–Kier alpha value is -3.28. The van der Waals surface area contributed by atoms with Crippen molar-refractivity contribution >= 4 is 16.7 Å². The smallest absolute Gasteiger partial charge is 0.205 e. The van der Waals surface area contributed by atoms with Crippen LogP contribution in [0.4, 0.5) is 0 Å². The number of fused-ring (bicyclic) bond motifs is 1. The van der Waals surface area contributed by atoms with Crippen LogP contribution in [0.3, 0.4) is 0 Å². The van der Waals surface area contributed by atoms with Crippen molar-refractivity contribution in [2.45, 2.75) is 0 Å². The average Bonchev–Trinajstić information content (AvgIpc) is 2.71. The van der Waals surface area contributed by atoms with E-state index in [2.05, 4.69) is 4.98 Å². The Morgan fingerprint density at radius 2 is 1.54 bits per heavy atom. The van der Waals surface area contributed by atoms with Gasteiger partial charge in [-0.25, -0.2) is 0 Å². The SMILES string of the molecule is COc1ccc(C(=O)c2ccnc3c(OC)c(OC)c(OC)cc23)cc1. The molecule has 3 aromatic rings. The van der Waals surface area contributed by atoms with Gasteiger partial charge in [-0.15, -0.1) is 0 Å². The van der Waals surface area contributed by atoms with E-state index in [1.807, 2.05) is 0 Å². The summed E-state index contributed by atoms with van der Waals surface area (Å²) in [6.07, 6.45) is 1.58. The highest BCUT2D eigenvalue weighted by Gasteiger charge is 2.21. The molecular weight excluding hydrogens is 334 g/mol. The second-order valence-corrected chi connectivity index (χ2v) is 5.46. The van der Waals surface area contributed by atoms with E-state index in [4.69, 9.17) is 18.9 Å². The number of aromatic nitrogens is 1. The largest absolute Gasteiger partial charge is 0.497 e. The first-order valence-corrected chi connectivity index (χ1v) is 7.91. The van der Waals surface area contributed by atoms with Crippen molar-refractivity contribution in [3.63, 3.8) is 0 Å². The molecule has 0 saturated heterocycles. The summed E-state index contributed by atoms with van der Waals surface area (Å²) in [6.45, 7) is 0. The van der Waals surface area contributed by atoms with Crippen molar-refractivity contribution in [2.75, 3.05) is 28.4 Å². The highest BCUT2D eigenvalue weighted by molar-refractivity contribution is 6.17. The molecule has 0 saturated carbocycles. The number of ether oxygens (including phenoxy) is 4. The molecule has 2 aromatic carbocycles. The topological polar surface area (TPSA) is 66.9 Å². The van der Waals surface area contributed by atoms with Crippen molar-refractivity contribution in [1.82, 2.24) is 4.98 Å². The molecule has 0 N–H and O–H groups in total. The third-order valence-electron chi connectivity index (χ3n) is 4.14. The first-order valence-electron chi connectivity index (χ1n) is 7.91. The lowest BCUT2D eigenvalue weighted by atomic mass is 9.99. The van der Waals surface area contributed by atoms with Crippen LogP contribution in [-0.4, -0.2) is 39.2 Å². The molecule has 3 rings (SSSR count). The monoisotopic (exact) mass is 353 g/mol. The molecule has 0 atom stereocenters. The van der Waals surface area contributed by atoms with Gasteiger partial charge in [0.15, 0.2) is 17.3 Å². The standard InChI is InChI=1S/C20H19NO5/c1-23-13-7-5-12(6-8-13)18(22)14-9-10-21-17-15(14)11-16(24-2)19(25-3)20(17)26-4/h5-11H,1-4H3. The van der Waals surface area contributed by atoms with Gasteiger partial charge in [0, 0.05) is 22.7 Å². The summed E-state index contributed by atoms with van der Waals surface area (Å²) in [7, 11) is 6.17. The van der Waals surface area contributed by atoms with E-state index in [0.717, 1.165) is 0 Å². The zero-order valence-corrected chi connectivity index (χ0v) is 15.0. The fourth-order valence-corrected chi connectivity index (χ4v) is 2.85. The number of ketones is 1. The second kappa shape index (κ2) is 7.31. The van der Waals surface area contributed by atoms with Crippen LogP contribution < -0.4 is 18.9 Å². The lowest BCUT2D eigenvalue weighted by molar-refractivity contribution is 0.104. The fourth-order valence-electron chi connectivity index (χ4n) is 2.85. The first kappa shape index (κ1) is 17.5. The molecule has 0 aliphatic carbocycles. The van der Waals surface area contributed by atoms with Crippen molar-refractivity contribution < 1.29 is 23.7 Å². The Morgan fingerprint density at radius 1 is 0.846 bits per heavy atom. The number of hydrogen-bond donors (Lipinski definition) is 0. The summed E-state index contributed by atoms with van der Waals surface area (Å²) < 4.78 is 21.4. The number of pyridine rings is 1. The van der Waals surface area contributed by atoms with Crippen LogP contribution in [0.1, 0.15) is 15.9 Å². The van der Waals surface area contributed by atoms with E-state index in [1.165, 1.54) is 21.3 Å². The van der Waals surface area contributed by atoms with E-state index in [1.54, 1.807) is 49.7 Å². The lowest BCUT2D eigenvalue weighted by Gasteiger charge is -2.15. The molecular formula is C20H19NO5. The van der Waals surface area contributed by atoms with E-state index in [0.29, 0.717) is 45.0 Å². The molecule has 0 aliphatic rings. The Bertz CT molecular complexity index is 951. The van der Waals surface area contributed by atoms with Gasteiger partial charge in [0.2, 0.25) is 5.75 Å². The number of rotatable bonds is 6. The zero-order valence-electron chi connectivity index (χ0n) is 15.0. The molecule has 6 nitrogen and oxygen atoms in total. The molecule has 0 aliphatic heterocycles. The highest BCUT2D eigenvalue weighted by atomic mass is 16.5. The number of carbonyl (C=O) groups is 1. The maximum Gasteiger partial charge on any atom is 0.205 e. The van der Waals surface area contributed by atoms with E-state index >= 15 is 0 Å². The Morgan fingerprint density at radius 3 is 2.12 bits per heavy atom. The van der Waals surface area contributed by atoms with Crippen LogP contribution in [0.2, 0.25) is 0 Å². The number of benzene rings is 2. The molecule has 0 bridgehead atoms. The quantitative estimate of drug-likeness (QED) is 0.632. The number of hydrogen-bond acceptors (Lipinski definition) is 6. The lowest BCUT2D eigenvalue weighted by Crippen LogP contribution is -2.04. The van der Waals surface area contributed by atoms with Crippen LogP contribution in [-0.2, 0) is 0 Å². The average molecular weight is 353 g/mol. The van der Waals surface area contributed by atoms with Crippen LogP contribution >= 0.6 is 0 Å². The van der Waals surface area contributed by atoms with Gasteiger partial charge in [-0.1, -0.05) is 0 Å². The van der Waals surface area contributed by atoms with Gasteiger partial charge in [-0.05, 0) is 36.4 Å². The van der Waals surface area contributed by atoms with Crippen LogP contribution in [0, 0.1) is 0 Å². The van der Waals surface area contributed by atoms with Crippen LogP contribution in [0.15, 0.2) is 42.6 Å². The molecule has 1 aromatic heterocycles. The van der Waals surface area contributed by atoms with E-state index < -0.39 is 0 Å². The minimum absolute atomic E-state index is 0.130. The van der Waals surface area contributed by atoms with Crippen molar-refractivity contribution in [3.8, 4) is 23.0 Å². The zero-order chi connectivity index (χ0) is 18.7. The van der Waals surface area contributed by atoms with Gasteiger partial charge in [-0.3, -0.25) is 9.78 Å². The molecule has 0 spiro atoms. The number of nitrogens with zero attached hydrogens (tertiary/aromatic N) is 1. The first-order chi connectivity index (χ1) is 12.6. The van der Waals surface area contributed by atoms with Crippen molar-refractivity contribution in [1.29, 1.82) is 0 Å². The minimum atomic E-state index is -0.130. The Balaban J connectivity index is 2.21. The minimum Gasteiger partial charge on any atom is -0.497 e. The van der Waals surface area contributed by atoms with Gasteiger partial charge in [0.1, 0.15) is 11.3 Å². The maximum atomic E-state index is 13.0. The van der Waals surface area contributed by atoms with Gasteiger partial charge < -0.3 is 18.9 Å². The molecule has 26 heavy (non-hydrogen) atoms. The highest BCUT2D eigenvalue weighted by Crippen LogP contribution is 2.43. The number of methoxy groups -OCH3 is 4. The summed E-state index contributed by atoms with van der Waals surface area (Å²) in [6, 6.07) is 10.4. The van der Waals surface area contributed by atoms with Gasteiger partial charge in [0.25, 0.3) is 0 Å². The maximum absolute atomic E-state index is 13.0. The van der Waals surface area contributed by atoms with Crippen molar-refractivity contribution in [3.05, 3.63) is 53.7 Å². The summed E-state index contributed by atoms with van der Waals surface area (Å²) in [5, 5.41) is 0.628. The Kier molecular flexibility index (Phi) is 4.93. The third-order valence-corrected chi connectivity index (χ3v) is 4.14. The van der Waals surface area contributed by atoms with Crippen molar-refractivity contribution in [2.24, 2.45) is 0 Å². The molecule has 0 unspecified atom stereocenters. The Labute approximate surface area is 151 Å². The van der Waals surface area contributed by atoms with Crippen LogP contribution in [0.5, 0.6) is 23.0 Å². The molecule has 1 heterocycles. The summed E-state index contributed by atoms with van der Waals surface area (Å²) in [5.41, 5.74) is 1.58. The summed E-state index contributed by atoms with van der Waals surface area (Å²) in [5.74, 6) is 1.88. The van der Waals surface area contributed by atoms with Gasteiger partial charge in [0.05, 0.1) is 28.4 Å². The summed E-state index contributed by atoms with van der Waals surface area (Å²) in [4.78, 5) is 17.4. The molecule has 134 valence electrons. The predicted molar refractivity (Wildman–Crippen MR) is 97.8 cm³/mol. The normalized spacial score (nSPS) is 10.5. The third kappa shape index (κ3) is 2.90. The predicted octanol–water partition coefficient (Wildman–Crippen LogP) is 3.50. The number of carbonyl (C=O) groups excluding carboxylic acids is 1. The van der Waals surface area contributed by atoms with E-state index in [9.17, 15) is 4.79 Å². The van der Waals surface area contributed by atoms with Crippen LogP contribution in [0.25, 0.3) is 10.9 Å².